The molecule has 0 aromatic carbocycles. The molecule has 0 aliphatic rings. The Kier molecular flexibility index (Phi) is 6.23. The van der Waals surface area contributed by atoms with Crippen LogP contribution < -0.4 is 20.9 Å². The van der Waals surface area contributed by atoms with E-state index in [4.69, 9.17) is 15.7 Å². The van der Waals surface area contributed by atoms with Gasteiger partial charge in [-0.25, -0.2) is 5.84 Å². The van der Waals surface area contributed by atoms with Crippen LogP contribution in [0.5, 0.6) is 6.01 Å². The third-order valence-corrected chi connectivity index (χ3v) is 2.44. The number of anilines is 2. The molecule has 0 atom stereocenters. The Labute approximate surface area is 113 Å². The van der Waals surface area contributed by atoms with E-state index in [1.807, 2.05) is 25.7 Å². The summed E-state index contributed by atoms with van der Waals surface area (Å²) in [6.07, 6.45) is 0.638. The highest BCUT2D eigenvalue weighted by Crippen LogP contribution is 2.17. The molecule has 0 saturated carbocycles. The summed E-state index contributed by atoms with van der Waals surface area (Å²) in [5.74, 6) is 6.08. The first-order valence-electron chi connectivity index (χ1n) is 6.35. The highest BCUT2D eigenvalue weighted by atomic mass is 16.5. The molecule has 1 rings (SSSR count). The predicted molar refractivity (Wildman–Crippen MR) is 73.0 cm³/mol. The molecular weight excluding hydrogens is 248 g/mol. The van der Waals surface area contributed by atoms with E-state index in [0.717, 1.165) is 0 Å². The minimum absolute atomic E-state index is 0.120. The molecule has 4 N–H and O–H groups in total. The van der Waals surface area contributed by atoms with Gasteiger partial charge in [-0.1, -0.05) is 0 Å². The summed E-state index contributed by atoms with van der Waals surface area (Å²) in [7, 11) is 0. The second-order valence-electron chi connectivity index (χ2n) is 4.18. The topological polar surface area (TPSA) is 109 Å². The van der Waals surface area contributed by atoms with Gasteiger partial charge in [0.25, 0.3) is 0 Å². The second-order valence-corrected chi connectivity index (χ2v) is 4.18. The number of hydrogen-bond donors (Lipinski definition) is 3. The number of rotatable bonds is 8. The fraction of sp³-hybridized carbons (Fsp3) is 0.727. The lowest BCUT2D eigenvalue weighted by Crippen LogP contribution is -2.34. The highest BCUT2D eigenvalue weighted by Gasteiger charge is 2.16. The normalized spacial score (nSPS) is 10.6. The maximum absolute atomic E-state index is 8.95. The van der Waals surface area contributed by atoms with Crippen molar-refractivity contribution >= 4 is 11.9 Å². The molecule has 19 heavy (non-hydrogen) atoms. The summed E-state index contributed by atoms with van der Waals surface area (Å²) in [5.41, 5.74) is 2.40. The smallest absolute Gasteiger partial charge is 0.323 e. The molecule has 0 unspecified atom stereocenters. The third-order valence-electron chi connectivity index (χ3n) is 2.44. The molecule has 0 radical (unpaired) electrons. The number of aromatic nitrogens is 3. The molecule has 1 aromatic heterocycles. The van der Waals surface area contributed by atoms with Crippen molar-refractivity contribution in [2.45, 2.75) is 33.2 Å². The molecule has 0 aliphatic heterocycles. The number of hydrogen-bond acceptors (Lipinski definition) is 8. The first kappa shape index (κ1) is 15.4. The largest absolute Gasteiger partial charge is 0.464 e. The van der Waals surface area contributed by atoms with Crippen molar-refractivity contribution in [3.05, 3.63) is 0 Å². The van der Waals surface area contributed by atoms with Crippen molar-refractivity contribution in [2.75, 3.05) is 30.1 Å². The van der Waals surface area contributed by atoms with Crippen LogP contribution in [0.2, 0.25) is 0 Å². The van der Waals surface area contributed by atoms with Crippen molar-refractivity contribution in [2.24, 2.45) is 5.84 Å². The first-order chi connectivity index (χ1) is 9.12. The molecular formula is C11H22N6O2. The quantitative estimate of drug-likeness (QED) is 0.452. The lowest BCUT2D eigenvalue weighted by molar-refractivity contribution is 0.288. The Balaban J connectivity index is 3.02. The number of nitrogens with one attached hydrogen (secondary N) is 1. The SMILES string of the molecule is CCOc1nc(NN)nc(N(CCCO)C(C)C)n1. The van der Waals surface area contributed by atoms with Crippen molar-refractivity contribution < 1.29 is 9.84 Å². The van der Waals surface area contributed by atoms with E-state index in [1.54, 1.807) is 0 Å². The molecule has 1 heterocycles. The molecule has 8 nitrogen and oxygen atoms in total. The van der Waals surface area contributed by atoms with E-state index < -0.39 is 0 Å². The maximum Gasteiger partial charge on any atom is 0.323 e. The van der Waals surface area contributed by atoms with E-state index in [-0.39, 0.29) is 24.6 Å². The number of nitrogens with zero attached hydrogens (tertiary/aromatic N) is 4. The number of ether oxygens (including phenoxy) is 1. The molecule has 0 bridgehead atoms. The number of aliphatic hydroxyl groups excluding tert-OH is 1. The second kappa shape index (κ2) is 7.70. The van der Waals surface area contributed by atoms with E-state index in [9.17, 15) is 0 Å². The summed E-state index contributed by atoms with van der Waals surface area (Å²) < 4.78 is 5.29. The Morgan fingerprint density at radius 1 is 1.37 bits per heavy atom. The van der Waals surface area contributed by atoms with E-state index in [1.165, 1.54) is 0 Å². The first-order valence-corrected chi connectivity index (χ1v) is 6.35. The van der Waals surface area contributed by atoms with Gasteiger partial charge in [-0.2, -0.15) is 15.0 Å². The molecule has 0 fully saturated rings. The zero-order valence-corrected chi connectivity index (χ0v) is 11.6. The van der Waals surface area contributed by atoms with Gasteiger partial charge in [0.2, 0.25) is 11.9 Å². The molecule has 108 valence electrons. The molecule has 0 spiro atoms. The number of aliphatic hydroxyl groups is 1. The molecule has 1 aromatic rings. The predicted octanol–water partition coefficient (Wildman–Crippen LogP) is 0.153. The fourth-order valence-corrected chi connectivity index (χ4v) is 1.56. The zero-order valence-electron chi connectivity index (χ0n) is 11.6. The van der Waals surface area contributed by atoms with E-state index >= 15 is 0 Å². The minimum Gasteiger partial charge on any atom is -0.464 e. The van der Waals surface area contributed by atoms with E-state index in [2.05, 4.69) is 20.4 Å². The average molecular weight is 270 g/mol. The average Bonchev–Trinajstić information content (AvgIpc) is 2.39. The van der Waals surface area contributed by atoms with Crippen LogP contribution in [0.25, 0.3) is 0 Å². The summed E-state index contributed by atoms with van der Waals surface area (Å²) in [5, 5.41) is 8.95. The van der Waals surface area contributed by atoms with E-state index in [0.29, 0.717) is 25.5 Å². The van der Waals surface area contributed by atoms with Crippen LogP contribution in [-0.4, -0.2) is 45.9 Å². The van der Waals surface area contributed by atoms with Crippen LogP contribution in [0.3, 0.4) is 0 Å². The van der Waals surface area contributed by atoms with Gasteiger partial charge in [0, 0.05) is 19.2 Å². The Morgan fingerprint density at radius 2 is 2.11 bits per heavy atom. The Bertz CT molecular complexity index is 387. The number of hydrazine groups is 1. The van der Waals surface area contributed by atoms with Crippen LogP contribution in [0, 0.1) is 0 Å². The van der Waals surface area contributed by atoms with Gasteiger partial charge in [-0.3, -0.25) is 5.43 Å². The van der Waals surface area contributed by atoms with Crippen molar-refractivity contribution in [1.29, 1.82) is 0 Å². The van der Waals surface area contributed by atoms with Gasteiger partial charge >= 0.3 is 6.01 Å². The zero-order chi connectivity index (χ0) is 14.3. The third kappa shape index (κ3) is 4.49. The summed E-state index contributed by atoms with van der Waals surface area (Å²) in [6, 6.07) is 0.421. The van der Waals surface area contributed by atoms with Gasteiger partial charge in [-0.15, -0.1) is 0 Å². The monoisotopic (exact) mass is 270 g/mol. The van der Waals surface area contributed by atoms with Crippen LogP contribution in [0.15, 0.2) is 0 Å². The van der Waals surface area contributed by atoms with Gasteiger partial charge in [-0.05, 0) is 27.2 Å². The minimum atomic E-state index is 0.120. The molecule has 0 amide bonds. The van der Waals surface area contributed by atoms with Crippen LogP contribution in [0.1, 0.15) is 27.2 Å². The maximum atomic E-state index is 8.95. The van der Waals surface area contributed by atoms with Gasteiger partial charge in [0.1, 0.15) is 0 Å². The Morgan fingerprint density at radius 3 is 2.63 bits per heavy atom. The van der Waals surface area contributed by atoms with Crippen molar-refractivity contribution in [3.63, 3.8) is 0 Å². The number of nitrogens with two attached hydrogens (primary N) is 1. The number of nitrogen functional groups attached to an aromatic ring is 1. The highest BCUT2D eigenvalue weighted by molar-refractivity contribution is 5.38. The van der Waals surface area contributed by atoms with Gasteiger partial charge in [0.15, 0.2) is 0 Å². The van der Waals surface area contributed by atoms with Crippen molar-refractivity contribution in [1.82, 2.24) is 15.0 Å². The van der Waals surface area contributed by atoms with Crippen LogP contribution in [0.4, 0.5) is 11.9 Å². The summed E-state index contributed by atoms with van der Waals surface area (Å²) in [6.45, 7) is 7.13. The van der Waals surface area contributed by atoms with Crippen molar-refractivity contribution in [3.8, 4) is 6.01 Å². The van der Waals surface area contributed by atoms with Crippen LogP contribution in [-0.2, 0) is 0 Å². The lowest BCUT2D eigenvalue weighted by Gasteiger charge is -2.26. The van der Waals surface area contributed by atoms with Crippen LogP contribution >= 0.6 is 0 Å². The Hall–Kier alpha value is -1.67. The van der Waals surface area contributed by atoms with Gasteiger partial charge in [0.05, 0.1) is 6.61 Å². The summed E-state index contributed by atoms with van der Waals surface area (Å²) in [4.78, 5) is 14.4. The molecule has 0 aliphatic carbocycles. The van der Waals surface area contributed by atoms with Gasteiger partial charge < -0.3 is 14.7 Å². The fourth-order valence-electron chi connectivity index (χ4n) is 1.56. The lowest BCUT2D eigenvalue weighted by atomic mass is 10.3. The summed E-state index contributed by atoms with van der Waals surface area (Å²) >= 11 is 0. The molecule has 0 saturated heterocycles. The molecule has 8 heteroatoms. The standard InChI is InChI=1S/C11H22N6O2/c1-4-19-11-14-9(16-12)13-10(15-11)17(8(2)3)6-5-7-18/h8,18H,4-7,12H2,1-3H3,(H,13,14,15,16).